The molecular formula is C14H18FN3O. The van der Waals surface area contributed by atoms with E-state index in [1.807, 2.05) is 11.6 Å². The number of imidazole rings is 1. The summed E-state index contributed by atoms with van der Waals surface area (Å²) in [6, 6.07) is 4.71. The monoisotopic (exact) mass is 263 g/mol. The highest BCUT2D eigenvalue weighted by atomic mass is 19.1. The summed E-state index contributed by atoms with van der Waals surface area (Å²) in [4.78, 5) is 4.63. The molecule has 0 spiro atoms. The normalized spacial score (nSPS) is 18.9. The molecule has 0 unspecified atom stereocenters. The number of nitrogens with zero attached hydrogens (tertiary/aromatic N) is 2. The van der Waals surface area contributed by atoms with E-state index in [2.05, 4.69) is 4.98 Å². The number of hydrogen-bond donors (Lipinski definition) is 1. The number of aromatic nitrogens is 2. The van der Waals surface area contributed by atoms with Crippen LogP contribution in [0.2, 0.25) is 0 Å². The Morgan fingerprint density at radius 3 is 2.84 bits per heavy atom. The number of benzene rings is 1. The Balaban J connectivity index is 2.15. The third-order valence-corrected chi connectivity index (χ3v) is 4.16. The second-order valence-corrected chi connectivity index (χ2v) is 5.22. The lowest BCUT2D eigenvalue weighted by atomic mass is 9.79. The topological polar surface area (TPSA) is 53.1 Å². The highest BCUT2D eigenvalue weighted by Gasteiger charge is 2.37. The summed E-state index contributed by atoms with van der Waals surface area (Å²) in [5, 5.41) is 0. The van der Waals surface area contributed by atoms with Crippen molar-refractivity contribution in [3.05, 3.63) is 29.8 Å². The lowest BCUT2D eigenvalue weighted by Crippen LogP contribution is -2.42. The molecule has 0 radical (unpaired) electrons. The fraction of sp³-hybridized carbons (Fsp3) is 0.500. The fourth-order valence-corrected chi connectivity index (χ4v) is 2.93. The zero-order valence-electron chi connectivity index (χ0n) is 11.0. The van der Waals surface area contributed by atoms with Crippen LogP contribution in [-0.4, -0.2) is 29.3 Å². The molecule has 0 saturated carbocycles. The van der Waals surface area contributed by atoms with Gasteiger partial charge in [-0.05, 0) is 25.0 Å². The van der Waals surface area contributed by atoms with Gasteiger partial charge in [0.15, 0.2) is 0 Å². The van der Waals surface area contributed by atoms with E-state index in [0.717, 1.165) is 24.2 Å². The van der Waals surface area contributed by atoms with Crippen molar-refractivity contribution >= 4 is 11.0 Å². The molecule has 19 heavy (non-hydrogen) atoms. The Hall–Kier alpha value is -1.46. The summed E-state index contributed by atoms with van der Waals surface area (Å²) in [6.07, 6.45) is 1.73. The molecule has 1 saturated heterocycles. The van der Waals surface area contributed by atoms with Crippen molar-refractivity contribution in [2.24, 2.45) is 12.8 Å². The Morgan fingerprint density at radius 1 is 1.42 bits per heavy atom. The van der Waals surface area contributed by atoms with Crippen LogP contribution in [-0.2, 0) is 17.2 Å². The average Bonchev–Trinajstić information content (AvgIpc) is 2.77. The molecule has 1 aromatic carbocycles. The summed E-state index contributed by atoms with van der Waals surface area (Å²) in [5.41, 5.74) is 7.49. The predicted molar refractivity (Wildman–Crippen MR) is 71.5 cm³/mol. The van der Waals surface area contributed by atoms with E-state index < -0.39 is 0 Å². The first-order valence-electron chi connectivity index (χ1n) is 6.56. The van der Waals surface area contributed by atoms with Crippen molar-refractivity contribution < 1.29 is 9.13 Å². The molecule has 2 N–H and O–H groups in total. The molecule has 0 bridgehead atoms. The van der Waals surface area contributed by atoms with Crippen molar-refractivity contribution in [3.63, 3.8) is 0 Å². The van der Waals surface area contributed by atoms with Gasteiger partial charge in [-0.25, -0.2) is 9.37 Å². The zero-order chi connectivity index (χ0) is 13.5. The Morgan fingerprint density at radius 2 is 2.16 bits per heavy atom. The quantitative estimate of drug-likeness (QED) is 0.897. The molecule has 0 amide bonds. The van der Waals surface area contributed by atoms with Crippen molar-refractivity contribution in [1.82, 2.24) is 9.55 Å². The van der Waals surface area contributed by atoms with Crippen molar-refractivity contribution in [2.45, 2.75) is 18.3 Å². The van der Waals surface area contributed by atoms with Crippen LogP contribution in [0.3, 0.4) is 0 Å². The first-order valence-corrected chi connectivity index (χ1v) is 6.56. The van der Waals surface area contributed by atoms with Crippen LogP contribution in [0.15, 0.2) is 18.2 Å². The van der Waals surface area contributed by atoms with Crippen LogP contribution >= 0.6 is 0 Å². The highest BCUT2D eigenvalue weighted by Crippen LogP contribution is 2.34. The van der Waals surface area contributed by atoms with Crippen molar-refractivity contribution in [1.29, 1.82) is 0 Å². The van der Waals surface area contributed by atoms with Gasteiger partial charge in [-0.3, -0.25) is 0 Å². The van der Waals surface area contributed by atoms with Gasteiger partial charge >= 0.3 is 0 Å². The predicted octanol–water partition coefficient (Wildman–Crippen LogP) is 1.72. The highest BCUT2D eigenvalue weighted by molar-refractivity contribution is 5.76. The van der Waals surface area contributed by atoms with Gasteiger partial charge in [0, 0.05) is 38.3 Å². The van der Waals surface area contributed by atoms with Crippen LogP contribution in [0.25, 0.3) is 11.0 Å². The number of aryl methyl sites for hydroxylation is 1. The SMILES string of the molecule is Cn1c(C2(CN)CCOCC2)nc2cc(F)ccc21. The summed E-state index contributed by atoms with van der Waals surface area (Å²) < 4.78 is 20.8. The molecule has 1 fully saturated rings. The van der Waals surface area contributed by atoms with E-state index in [4.69, 9.17) is 10.5 Å². The van der Waals surface area contributed by atoms with Gasteiger partial charge in [-0.15, -0.1) is 0 Å². The maximum Gasteiger partial charge on any atom is 0.125 e. The summed E-state index contributed by atoms with van der Waals surface area (Å²) in [6.45, 7) is 1.94. The van der Waals surface area contributed by atoms with E-state index in [9.17, 15) is 4.39 Å². The summed E-state index contributed by atoms with van der Waals surface area (Å²) >= 11 is 0. The Kier molecular flexibility index (Phi) is 3.03. The molecule has 1 aliphatic heterocycles. The summed E-state index contributed by atoms with van der Waals surface area (Å²) in [7, 11) is 1.97. The van der Waals surface area contributed by atoms with Crippen LogP contribution in [0.1, 0.15) is 18.7 Å². The lowest BCUT2D eigenvalue weighted by molar-refractivity contribution is 0.0492. The van der Waals surface area contributed by atoms with Crippen molar-refractivity contribution in [3.8, 4) is 0 Å². The number of hydrogen-bond acceptors (Lipinski definition) is 3. The molecule has 1 aliphatic rings. The largest absolute Gasteiger partial charge is 0.381 e. The Bertz CT molecular complexity index is 602. The lowest BCUT2D eigenvalue weighted by Gasteiger charge is -2.35. The maximum atomic E-state index is 13.3. The second kappa shape index (κ2) is 4.58. The Labute approximate surface area is 111 Å². The van der Waals surface area contributed by atoms with Gasteiger partial charge in [0.25, 0.3) is 0 Å². The van der Waals surface area contributed by atoms with Gasteiger partial charge in [0.05, 0.1) is 11.0 Å². The fourth-order valence-electron chi connectivity index (χ4n) is 2.93. The van der Waals surface area contributed by atoms with Crippen molar-refractivity contribution in [2.75, 3.05) is 19.8 Å². The number of halogens is 1. The van der Waals surface area contributed by atoms with E-state index in [1.165, 1.54) is 12.1 Å². The minimum absolute atomic E-state index is 0.150. The first kappa shape index (κ1) is 12.6. The molecule has 102 valence electrons. The molecule has 1 aromatic heterocycles. The molecule has 3 rings (SSSR count). The number of rotatable bonds is 2. The minimum atomic E-state index is -0.258. The van der Waals surface area contributed by atoms with Gasteiger partial charge in [0.2, 0.25) is 0 Å². The average molecular weight is 263 g/mol. The van der Waals surface area contributed by atoms with Crippen LogP contribution in [0.4, 0.5) is 4.39 Å². The van der Waals surface area contributed by atoms with Crippen LogP contribution in [0, 0.1) is 5.82 Å². The van der Waals surface area contributed by atoms with Crippen LogP contribution in [0.5, 0.6) is 0 Å². The van der Waals surface area contributed by atoms with E-state index in [-0.39, 0.29) is 11.2 Å². The molecule has 2 aromatic rings. The third-order valence-electron chi connectivity index (χ3n) is 4.16. The molecule has 2 heterocycles. The molecule has 5 heteroatoms. The van der Waals surface area contributed by atoms with Crippen LogP contribution < -0.4 is 5.73 Å². The standard InChI is InChI=1S/C14H18FN3O/c1-18-12-3-2-10(15)8-11(12)17-13(18)14(9-16)4-6-19-7-5-14/h2-3,8H,4-7,9,16H2,1H3. The molecule has 0 atom stereocenters. The number of ether oxygens (including phenoxy) is 1. The second-order valence-electron chi connectivity index (χ2n) is 5.22. The van der Waals surface area contributed by atoms with Gasteiger partial charge in [0.1, 0.15) is 11.6 Å². The molecule has 4 nitrogen and oxygen atoms in total. The van der Waals surface area contributed by atoms with E-state index in [0.29, 0.717) is 25.3 Å². The van der Waals surface area contributed by atoms with E-state index in [1.54, 1.807) is 6.07 Å². The molecule has 0 aliphatic carbocycles. The van der Waals surface area contributed by atoms with E-state index >= 15 is 0 Å². The number of nitrogens with two attached hydrogens (primary N) is 1. The van der Waals surface area contributed by atoms with Gasteiger partial charge in [-0.2, -0.15) is 0 Å². The third kappa shape index (κ3) is 1.93. The van der Waals surface area contributed by atoms with Gasteiger partial charge in [-0.1, -0.05) is 0 Å². The number of fused-ring (bicyclic) bond motifs is 1. The smallest absolute Gasteiger partial charge is 0.125 e. The molecular weight excluding hydrogens is 245 g/mol. The zero-order valence-corrected chi connectivity index (χ0v) is 11.0. The van der Waals surface area contributed by atoms with Gasteiger partial charge < -0.3 is 15.0 Å². The first-order chi connectivity index (χ1) is 9.16. The summed E-state index contributed by atoms with van der Waals surface area (Å²) in [5.74, 6) is 0.685. The maximum absolute atomic E-state index is 13.3. The minimum Gasteiger partial charge on any atom is -0.381 e.